The highest BCUT2D eigenvalue weighted by Gasteiger charge is 2.34. The number of pyridine rings is 1. The lowest BCUT2D eigenvalue weighted by atomic mass is 9.90. The van der Waals surface area contributed by atoms with Crippen LogP contribution < -0.4 is 10.6 Å². The van der Waals surface area contributed by atoms with Gasteiger partial charge in [-0.25, -0.2) is 9.78 Å². The number of amides is 2. The van der Waals surface area contributed by atoms with E-state index in [4.69, 9.17) is 4.74 Å². The second kappa shape index (κ2) is 8.62. The number of alkyl carbamates (subject to hydrolysis) is 1. The number of hydrogen-bond acceptors (Lipinski definition) is 5. The molecular formula is C22H33N5O3. The molecule has 0 unspecified atom stereocenters. The van der Waals surface area contributed by atoms with Gasteiger partial charge >= 0.3 is 6.09 Å². The highest BCUT2D eigenvalue weighted by Crippen LogP contribution is 2.27. The number of fused-ring (bicyclic) bond motifs is 1. The summed E-state index contributed by atoms with van der Waals surface area (Å²) in [7, 11) is 1.83. The molecule has 1 fully saturated rings. The van der Waals surface area contributed by atoms with E-state index in [-0.39, 0.29) is 5.91 Å². The quantitative estimate of drug-likeness (QED) is 0.743. The highest BCUT2D eigenvalue weighted by molar-refractivity contribution is 5.97. The summed E-state index contributed by atoms with van der Waals surface area (Å²) in [5.41, 5.74) is 0.995. The van der Waals surface area contributed by atoms with Crippen LogP contribution in [0.4, 0.5) is 4.79 Å². The third-order valence-electron chi connectivity index (χ3n) is 5.54. The predicted molar refractivity (Wildman–Crippen MR) is 115 cm³/mol. The van der Waals surface area contributed by atoms with Crippen molar-refractivity contribution in [2.75, 3.05) is 6.54 Å². The molecule has 3 rings (SSSR count). The zero-order valence-corrected chi connectivity index (χ0v) is 18.7. The van der Waals surface area contributed by atoms with Crippen molar-refractivity contribution in [2.45, 2.75) is 77.4 Å². The Labute approximate surface area is 177 Å². The number of aryl methyl sites for hydroxylation is 2. The maximum Gasteiger partial charge on any atom is 0.408 e. The third kappa shape index (κ3) is 5.29. The summed E-state index contributed by atoms with van der Waals surface area (Å²) in [5.74, 6) is -0.206. The summed E-state index contributed by atoms with van der Waals surface area (Å²) < 4.78 is 7.19. The van der Waals surface area contributed by atoms with Crippen LogP contribution in [-0.2, 0) is 11.8 Å². The number of ether oxygens (including phenoxy) is 1. The van der Waals surface area contributed by atoms with Crippen molar-refractivity contribution in [3.8, 4) is 0 Å². The molecule has 0 aromatic carbocycles. The minimum atomic E-state index is -0.568. The molecule has 2 amide bonds. The zero-order valence-electron chi connectivity index (χ0n) is 18.7. The van der Waals surface area contributed by atoms with Gasteiger partial charge in [0.1, 0.15) is 5.60 Å². The molecular weight excluding hydrogens is 382 g/mol. The Morgan fingerprint density at radius 2 is 1.87 bits per heavy atom. The Kier molecular flexibility index (Phi) is 6.33. The Balaban J connectivity index is 1.73. The molecule has 0 radical (unpaired) electrons. The third-order valence-corrected chi connectivity index (χ3v) is 5.54. The normalized spacial score (nSPS) is 16.7. The second-order valence-electron chi connectivity index (χ2n) is 9.31. The average molecular weight is 416 g/mol. The lowest BCUT2D eigenvalue weighted by Gasteiger charge is -2.35. The first-order chi connectivity index (χ1) is 14.1. The molecule has 1 aliphatic rings. The van der Waals surface area contributed by atoms with Gasteiger partial charge in [-0.3, -0.25) is 9.48 Å². The summed E-state index contributed by atoms with van der Waals surface area (Å²) in [4.78, 5) is 29.7. The molecule has 8 nitrogen and oxygen atoms in total. The standard InChI is InChI=1S/C22H33N5O3/c1-15-17-12-16(13-23-18(17)27(5)26-15)19(28)24-14-22(10-8-6-7-9-11-22)25-20(29)30-21(2,3)4/h12-13H,6-11,14H2,1-5H3,(H,24,28)(H,25,29). The zero-order chi connectivity index (χ0) is 21.9. The van der Waals surface area contributed by atoms with E-state index >= 15 is 0 Å². The SMILES string of the molecule is Cc1nn(C)c2ncc(C(=O)NCC3(NC(=O)OC(C)(C)C)CCCCCC3)cc12. The Bertz CT molecular complexity index is 921. The molecule has 30 heavy (non-hydrogen) atoms. The number of hydrogen-bond donors (Lipinski definition) is 2. The number of carbonyl (C=O) groups excluding carboxylic acids is 2. The van der Waals surface area contributed by atoms with Crippen LogP contribution >= 0.6 is 0 Å². The van der Waals surface area contributed by atoms with Crippen LogP contribution in [0, 0.1) is 6.92 Å². The van der Waals surface area contributed by atoms with Gasteiger partial charge < -0.3 is 15.4 Å². The van der Waals surface area contributed by atoms with Crippen LogP contribution in [0.3, 0.4) is 0 Å². The van der Waals surface area contributed by atoms with Crippen molar-refractivity contribution < 1.29 is 14.3 Å². The number of carbonyl (C=O) groups is 2. The summed E-state index contributed by atoms with van der Waals surface area (Å²) >= 11 is 0. The molecule has 8 heteroatoms. The molecule has 0 bridgehead atoms. The topological polar surface area (TPSA) is 98.1 Å². The van der Waals surface area contributed by atoms with Gasteiger partial charge in [-0.15, -0.1) is 0 Å². The van der Waals surface area contributed by atoms with Crippen molar-refractivity contribution in [2.24, 2.45) is 7.05 Å². The van der Waals surface area contributed by atoms with Gasteiger partial charge in [-0.05, 0) is 46.6 Å². The van der Waals surface area contributed by atoms with Crippen molar-refractivity contribution in [3.63, 3.8) is 0 Å². The first-order valence-electron chi connectivity index (χ1n) is 10.7. The van der Waals surface area contributed by atoms with Crippen molar-refractivity contribution in [1.29, 1.82) is 0 Å². The first-order valence-corrected chi connectivity index (χ1v) is 10.7. The van der Waals surface area contributed by atoms with E-state index in [0.29, 0.717) is 12.1 Å². The molecule has 0 spiro atoms. The van der Waals surface area contributed by atoms with E-state index < -0.39 is 17.2 Å². The van der Waals surface area contributed by atoms with Crippen LogP contribution in [0.15, 0.2) is 12.3 Å². The van der Waals surface area contributed by atoms with Crippen molar-refractivity contribution in [1.82, 2.24) is 25.4 Å². The van der Waals surface area contributed by atoms with Gasteiger partial charge in [-0.1, -0.05) is 25.7 Å². The van der Waals surface area contributed by atoms with E-state index in [1.807, 2.05) is 40.8 Å². The Morgan fingerprint density at radius 3 is 2.50 bits per heavy atom. The second-order valence-corrected chi connectivity index (χ2v) is 9.31. The van der Waals surface area contributed by atoms with E-state index in [0.717, 1.165) is 55.3 Å². The van der Waals surface area contributed by atoms with Gasteiger partial charge in [0.15, 0.2) is 5.65 Å². The van der Waals surface area contributed by atoms with E-state index in [1.54, 1.807) is 10.9 Å². The van der Waals surface area contributed by atoms with Crippen molar-refractivity contribution >= 4 is 23.0 Å². The maximum atomic E-state index is 12.9. The predicted octanol–water partition coefficient (Wildman–Crippen LogP) is 3.62. The average Bonchev–Trinajstić information content (AvgIpc) is 2.82. The van der Waals surface area contributed by atoms with E-state index in [1.165, 1.54) is 0 Å². The number of nitrogens with one attached hydrogen (secondary N) is 2. The smallest absolute Gasteiger partial charge is 0.408 e. The van der Waals surface area contributed by atoms with Crippen LogP contribution in [0.25, 0.3) is 11.0 Å². The lowest BCUT2D eigenvalue weighted by molar-refractivity contribution is 0.0437. The Hall–Kier alpha value is -2.64. The van der Waals surface area contributed by atoms with Crippen molar-refractivity contribution in [3.05, 3.63) is 23.5 Å². The summed E-state index contributed by atoms with van der Waals surface area (Å²) in [6.07, 6.45) is 7.03. The molecule has 1 aliphatic carbocycles. The van der Waals surface area contributed by atoms with Gasteiger partial charge in [-0.2, -0.15) is 5.10 Å². The largest absolute Gasteiger partial charge is 0.444 e. The van der Waals surface area contributed by atoms with Gasteiger partial charge in [0.2, 0.25) is 0 Å². The molecule has 2 aromatic rings. The first kappa shape index (κ1) is 22.1. The molecule has 0 aliphatic heterocycles. The van der Waals surface area contributed by atoms with Crippen LogP contribution in [-0.4, -0.2) is 44.4 Å². The Morgan fingerprint density at radius 1 is 1.20 bits per heavy atom. The van der Waals surface area contributed by atoms with Gasteiger partial charge in [0.25, 0.3) is 5.91 Å². The lowest BCUT2D eigenvalue weighted by Crippen LogP contribution is -2.56. The fourth-order valence-corrected chi connectivity index (χ4v) is 4.06. The molecule has 2 aromatic heterocycles. The fraction of sp³-hybridized carbons (Fsp3) is 0.636. The number of nitrogens with zero attached hydrogens (tertiary/aromatic N) is 3. The van der Waals surface area contributed by atoms with Crippen LogP contribution in [0.2, 0.25) is 0 Å². The van der Waals surface area contributed by atoms with Gasteiger partial charge in [0.05, 0.1) is 16.8 Å². The molecule has 2 N–H and O–H groups in total. The maximum absolute atomic E-state index is 12.9. The number of aromatic nitrogens is 3. The molecule has 0 saturated heterocycles. The van der Waals surface area contributed by atoms with E-state index in [9.17, 15) is 9.59 Å². The summed E-state index contributed by atoms with van der Waals surface area (Å²) in [5, 5.41) is 11.3. The van der Waals surface area contributed by atoms with E-state index in [2.05, 4.69) is 20.7 Å². The monoisotopic (exact) mass is 415 g/mol. The minimum absolute atomic E-state index is 0.206. The van der Waals surface area contributed by atoms with Gasteiger partial charge in [0, 0.05) is 25.2 Å². The molecule has 0 atom stereocenters. The number of rotatable bonds is 4. The van der Waals surface area contributed by atoms with Crippen LogP contribution in [0.5, 0.6) is 0 Å². The molecule has 2 heterocycles. The minimum Gasteiger partial charge on any atom is -0.444 e. The summed E-state index contributed by atoms with van der Waals surface area (Å²) in [6, 6.07) is 1.82. The molecule has 164 valence electrons. The molecule has 1 saturated carbocycles. The summed E-state index contributed by atoms with van der Waals surface area (Å²) in [6.45, 7) is 7.79. The highest BCUT2D eigenvalue weighted by atomic mass is 16.6. The van der Waals surface area contributed by atoms with Crippen LogP contribution in [0.1, 0.15) is 75.3 Å². The fourth-order valence-electron chi connectivity index (χ4n) is 4.06.